The summed E-state index contributed by atoms with van der Waals surface area (Å²) in [5, 5.41) is 2.14. The van der Waals surface area contributed by atoms with Crippen molar-refractivity contribution in [2.45, 2.75) is 70.9 Å². The summed E-state index contributed by atoms with van der Waals surface area (Å²) in [6.07, 6.45) is 1.45. The number of nitrogens with one attached hydrogen (secondary N) is 1. The van der Waals surface area contributed by atoms with Crippen molar-refractivity contribution in [1.82, 2.24) is 10.2 Å². The molecule has 1 N–H and O–H groups in total. The lowest BCUT2D eigenvalue weighted by Crippen LogP contribution is -2.54. The summed E-state index contributed by atoms with van der Waals surface area (Å²) < 4.78 is 10.8. The van der Waals surface area contributed by atoms with Crippen molar-refractivity contribution < 1.29 is 38.2 Å². The summed E-state index contributed by atoms with van der Waals surface area (Å²) >= 11 is 0. The number of hydrogen-bond donors (Lipinski definition) is 1. The third-order valence-corrected chi connectivity index (χ3v) is 5.33. The molecule has 0 saturated carbocycles. The molecule has 1 aromatic carbocycles. The molecule has 1 fully saturated rings. The lowest BCUT2D eigenvalue weighted by atomic mass is 10.0. The number of ether oxygens (including phenoxy) is 2. The first-order valence-corrected chi connectivity index (χ1v) is 11.2. The van der Waals surface area contributed by atoms with Gasteiger partial charge in [0.25, 0.3) is 11.8 Å². The smallest absolute Gasteiger partial charge is 0.306 e. The number of ketones is 1. The lowest BCUT2D eigenvalue weighted by molar-refractivity contribution is -0.155. The fourth-order valence-corrected chi connectivity index (χ4v) is 3.82. The Morgan fingerprint density at radius 2 is 1.76 bits per heavy atom. The third kappa shape index (κ3) is 5.86. The van der Waals surface area contributed by atoms with Crippen LogP contribution < -0.4 is 10.1 Å². The van der Waals surface area contributed by atoms with Gasteiger partial charge in [-0.3, -0.25) is 39.0 Å². The molecular formula is C24H28N2O8. The van der Waals surface area contributed by atoms with Crippen LogP contribution in [0.3, 0.4) is 0 Å². The van der Waals surface area contributed by atoms with Crippen molar-refractivity contribution in [3.05, 3.63) is 29.3 Å². The molecule has 2 aliphatic rings. The molecule has 2 heterocycles. The zero-order chi connectivity index (χ0) is 25.0. The van der Waals surface area contributed by atoms with E-state index in [1.54, 1.807) is 20.8 Å². The minimum Gasteiger partial charge on any atom is -0.485 e. The van der Waals surface area contributed by atoms with Crippen LogP contribution in [0, 0.1) is 0 Å². The van der Waals surface area contributed by atoms with E-state index < -0.39 is 35.3 Å². The molecular weight excluding hydrogens is 444 g/mol. The van der Waals surface area contributed by atoms with Crippen LogP contribution in [-0.2, 0) is 23.9 Å². The molecule has 10 nitrogen and oxygen atoms in total. The van der Waals surface area contributed by atoms with Crippen molar-refractivity contribution in [2.24, 2.45) is 0 Å². The Hall–Kier alpha value is -3.56. The first-order chi connectivity index (χ1) is 16.0. The summed E-state index contributed by atoms with van der Waals surface area (Å²) in [6, 6.07) is 3.38. The molecule has 3 rings (SSSR count). The van der Waals surface area contributed by atoms with Crippen LogP contribution in [0.5, 0.6) is 5.75 Å². The molecule has 10 heteroatoms. The molecule has 2 aliphatic heterocycles. The van der Waals surface area contributed by atoms with Gasteiger partial charge in [-0.05, 0) is 52.2 Å². The molecule has 0 bridgehead atoms. The third-order valence-electron chi connectivity index (χ3n) is 5.33. The van der Waals surface area contributed by atoms with E-state index in [1.807, 2.05) is 0 Å². The highest BCUT2D eigenvalue weighted by atomic mass is 16.6. The lowest BCUT2D eigenvalue weighted by Gasteiger charge is -2.27. The molecule has 1 saturated heterocycles. The zero-order valence-corrected chi connectivity index (χ0v) is 19.5. The van der Waals surface area contributed by atoms with Gasteiger partial charge in [-0.2, -0.15) is 0 Å². The Morgan fingerprint density at radius 1 is 1.06 bits per heavy atom. The first kappa shape index (κ1) is 25.1. The largest absolute Gasteiger partial charge is 0.485 e. The second-order valence-electron chi connectivity index (χ2n) is 9.25. The van der Waals surface area contributed by atoms with Crippen molar-refractivity contribution in [2.75, 3.05) is 6.61 Å². The summed E-state index contributed by atoms with van der Waals surface area (Å²) in [5.74, 6) is -2.96. The molecule has 34 heavy (non-hydrogen) atoms. The number of piperidine rings is 1. The minimum atomic E-state index is -1.08. The van der Waals surface area contributed by atoms with Crippen LogP contribution in [0.4, 0.5) is 0 Å². The molecule has 4 amide bonds. The number of carbonyl (C=O) groups is 6. The Kier molecular flexibility index (Phi) is 7.48. The number of carbonyl (C=O) groups excluding carboxylic acids is 6. The van der Waals surface area contributed by atoms with Crippen molar-refractivity contribution in [1.29, 1.82) is 0 Å². The number of nitrogens with zero attached hydrogens (tertiary/aromatic N) is 1. The van der Waals surface area contributed by atoms with E-state index in [1.165, 1.54) is 18.2 Å². The second-order valence-corrected chi connectivity index (χ2v) is 9.25. The second kappa shape index (κ2) is 10.1. The van der Waals surface area contributed by atoms with E-state index in [9.17, 15) is 28.8 Å². The topological polar surface area (TPSA) is 136 Å². The van der Waals surface area contributed by atoms with Crippen molar-refractivity contribution in [3.8, 4) is 5.75 Å². The highest BCUT2D eigenvalue weighted by Crippen LogP contribution is 2.33. The Balaban J connectivity index is 1.56. The highest BCUT2D eigenvalue weighted by Gasteiger charge is 2.46. The van der Waals surface area contributed by atoms with Gasteiger partial charge in [-0.25, -0.2) is 0 Å². The van der Waals surface area contributed by atoms with E-state index >= 15 is 0 Å². The number of benzene rings is 1. The van der Waals surface area contributed by atoms with E-state index in [4.69, 9.17) is 9.47 Å². The number of imide groups is 2. The van der Waals surface area contributed by atoms with Crippen molar-refractivity contribution >= 4 is 35.4 Å². The van der Waals surface area contributed by atoms with E-state index in [-0.39, 0.29) is 60.9 Å². The van der Waals surface area contributed by atoms with Crippen LogP contribution >= 0.6 is 0 Å². The molecule has 1 aromatic rings. The van der Waals surface area contributed by atoms with E-state index in [2.05, 4.69) is 5.32 Å². The fraction of sp³-hybridized carbons (Fsp3) is 0.500. The summed E-state index contributed by atoms with van der Waals surface area (Å²) in [6.45, 7) is 5.06. The van der Waals surface area contributed by atoms with Gasteiger partial charge in [0.05, 0.1) is 11.1 Å². The van der Waals surface area contributed by atoms with Gasteiger partial charge in [-0.15, -0.1) is 0 Å². The summed E-state index contributed by atoms with van der Waals surface area (Å²) in [7, 11) is 0. The van der Waals surface area contributed by atoms with Crippen molar-refractivity contribution in [3.63, 3.8) is 0 Å². The monoisotopic (exact) mass is 472 g/mol. The predicted molar refractivity (Wildman–Crippen MR) is 118 cm³/mol. The summed E-state index contributed by atoms with van der Waals surface area (Å²) in [4.78, 5) is 74.2. The number of hydrogen-bond acceptors (Lipinski definition) is 8. The van der Waals surface area contributed by atoms with Crippen LogP contribution in [-0.4, -0.2) is 58.5 Å². The van der Waals surface area contributed by atoms with Gasteiger partial charge in [0.2, 0.25) is 11.8 Å². The number of unbranched alkanes of at least 4 members (excludes halogenated alkanes) is 1. The van der Waals surface area contributed by atoms with Gasteiger partial charge in [0.1, 0.15) is 24.0 Å². The zero-order valence-electron chi connectivity index (χ0n) is 19.5. The van der Waals surface area contributed by atoms with Crippen LogP contribution in [0.25, 0.3) is 0 Å². The molecule has 0 aromatic heterocycles. The number of fused-ring (bicyclic) bond motifs is 1. The van der Waals surface area contributed by atoms with Gasteiger partial charge < -0.3 is 9.47 Å². The van der Waals surface area contributed by atoms with Crippen LogP contribution in [0.2, 0.25) is 0 Å². The average Bonchev–Trinajstić information content (AvgIpc) is 2.99. The first-order valence-electron chi connectivity index (χ1n) is 11.2. The maximum atomic E-state index is 13.0. The summed E-state index contributed by atoms with van der Waals surface area (Å²) in [5.41, 5.74) is -0.476. The maximum absolute atomic E-state index is 13.0. The number of amides is 4. The molecule has 1 unspecified atom stereocenters. The van der Waals surface area contributed by atoms with Gasteiger partial charge in [-0.1, -0.05) is 6.07 Å². The Bertz CT molecular complexity index is 1040. The van der Waals surface area contributed by atoms with Gasteiger partial charge in [0, 0.05) is 19.3 Å². The average molecular weight is 472 g/mol. The van der Waals surface area contributed by atoms with Gasteiger partial charge in [0.15, 0.2) is 5.78 Å². The van der Waals surface area contributed by atoms with Crippen LogP contribution in [0.1, 0.15) is 80.0 Å². The number of rotatable bonds is 9. The molecule has 1 atom stereocenters. The number of esters is 1. The van der Waals surface area contributed by atoms with E-state index in [0.29, 0.717) is 12.8 Å². The maximum Gasteiger partial charge on any atom is 0.306 e. The molecule has 0 spiro atoms. The Labute approximate surface area is 196 Å². The molecule has 0 aliphatic carbocycles. The number of Topliss-reactive ketones (excluding diaryl/α,β-unsaturated/α-hetero) is 1. The van der Waals surface area contributed by atoms with E-state index in [0.717, 1.165) is 4.90 Å². The Morgan fingerprint density at radius 3 is 2.44 bits per heavy atom. The predicted octanol–water partition coefficient (Wildman–Crippen LogP) is 1.94. The van der Waals surface area contributed by atoms with Gasteiger partial charge >= 0.3 is 5.97 Å². The fourth-order valence-electron chi connectivity index (χ4n) is 3.82. The highest BCUT2D eigenvalue weighted by molar-refractivity contribution is 6.24. The minimum absolute atomic E-state index is 0.00470. The molecule has 0 radical (unpaired) electrons. The normalized spacial score (nSPS) is 18.0. The quantitative estimate of drug-likeness (QED) is 0.327. The SMILES string of the molecule is CC(C)(C)OC(=O)CCCCC(=O)COc1cccc2c1C(=O)N(C1CCC(=O)NC1=O)C2=O. The standard InChI is InChI=1S/C24H28N2O8/c1-24(2,3)34-19(29)10-5-4-7-14(27)13-33-17-9-6-8-15-20(17)23(32)26(22(15)31)16-11-12-18(28)25-21(16)30/h6,8-9,16H,4-5,7,10-13H2,1-3H3,(H,25,28,30). The molecule has 182 valence electrons. The van der Waals surface area contributed by atoms with Crippen LogP contribution in [0.15, 0.2) is 18.2 Å².